The molecule has 3 saturated carbocycles. The molecule has 39 heavy (non-hydrogen) atoms. The van der Waals surface area contributed by atoms with Gasteiger partial charge in [0.2, 0.25) is 5.78 Å². The minimum atomic E-state index is -1.63. The van der Waals surface area contributed by atoms with E-state index in [9.17, 15) is 24.3 Å². The highest BCUT2D eigenvalue weighted by Crippen LogP contribution is 2.68. The zero-order chi connectivity index (χ0) is 28.8. The van der Waals surface area contributed by atoms with Crippen molar-refractivity contribution < 1.29 is 43.2 Å². The first-order valence-electron chi connectivity index (χ1n) is 14.1. The minimum absolute atomic E-state index is 0.0363. The summed E-state index contributed by atoms with van der Waals surface area (Å²) in [5.74, 6) is -0.661. The van der Waals surface area contributed by atoms with Gasteiger partial charge in [-0.15, -0.1) is 0 Å². The SMILES string of the molecule is CC(C)COC(=O)O[C@]1(C(=O)COC(=O)OC(C)C)CC[C@H]2[C@@H]3CCC4=CC(=O)C=C[C@]4(C)[C@H]3C(O)C[C@@]21C. The maximum Gasteiger partial charge on any atom is 0.509 e. The number of aliphatic hydroxyl groups excluding tert-OH is 1. The van der Waals surface area contributed by atoms with Crippen LogP contribution in [0.25, 0.3) is 0 Å². The highest BCUT2D eigenvalue weighted by atomic mass is 16.7. The molecule has 0 spiro atoms. The van der Waals surface area contributed by atoms with Gasteiger partial charge in [-0.1, -0.05) is 39.3 Å². The third-order valence-electron chi connectivity index (χ3n) is 9.51. The lowest BCUT2D eigenvalue weighted by Crippen LogP contribution is -2.63. The predicted molar refractivity (Wildman–Crippen MR) is 141 cm³/mol. The van der Waals surface area contributed by atoms with E-state index in [-0.39, 0.29) is 48.9 Å². The van der Waals surface area contributed by atoms with E-state index >= 15 is 0 Å². The number of ether oxygens (including phenoxy) is 4. The molecule has 0 saturated heterocycles. The Hall–Kier alpha value is -2.68. The number of allylic oxidation sites excluding steroid dienone is 4. The van der Waals surface area contributed by atoms with Gasteiger partial charge in [0.1, 0.15) is 0 Å². The van der Waals surface area contributed by atoms with Crippen LogP contribution in [0.1, 0.15) is 73.6 Å². The van der Waals surface area contributed by atoms with Crippen molar-refractivity contribution >= 4 is 23.9 Å². The highest BCUT2D eigenvalue weighted by molar-refractivity contribution is 6.01. The smallest absolute Gasteiger partial charge is 0.434 e. The molecule has 1 unspecified atom stereocenters. The average Bonchev–Trinajstić information content (AvgIpc) is 3.13. The van der Waals surface area contributed by atoms with Crippen LogP contribution in [0.15, 0.2) is 23.8 Å². The quantitative estimate of drug-likeness (QED) is 0.442. The van der Waals surface area contributed by atoms with Crippen molar-refractivity contribution in [1.82, 2.24) is 0 Å². The first-order valence-corrected chi connectivity index (χ1v) is 14.1. The van der Waals surface area contributed by atoms with E-state index in [2.05, 4.69) is 6.92 Å². The summed E-state index contributed by atoms with van der Waals surface area (Å²) in [4.78, 5) is 50.9. The number of rotatable bonds is 7. The van der Waals surface area contributed by atoms with Gasteiger partial charge in [0.15, 0.2) is 18.0 Å². The second-order valence-corrected chi connectivity index (χ2v) is 12.8. The number of fused-ring (bicyclic) bond motifs is 5. The molecule has 0 aromatic rings. The summed E-state index contributed by atoms with van der Waals surface area (Å²) in [6.07, 6.45) is 4.56. The van der Waals surface area contributed by atoms with Crippen LogP contribution in [0.5, 0.6) is 0 Å². The molecule has 1 N–H and O–H groups in total. The molecule has 9 nitrogen and oxygen atoms in total. The maximum absolute atomic E-state index is 13.9. The van der Waals surface area contributed by atoms with Gasteiger partial charge >= 0.3 is 12.3 Å². The number of Topliss-reactive ketones (excluding diaryl/α,β-unsaturated/α-hetero) is 1. The molecule has 0 heterocycles. The van der Waals surface area contributed by atoms with Gasteiger partial charge in [-0.25, -0.2) is 9.59 Å². The van der Waals surface area contributed by atoms with Crippen molar-refractivity contribution in [2.24, 2.45) is 34.5 Å². The molecule has 4 aliphatic carbocycles. The van der Waals surface area contributed by atoms with E-state index in [1.807, 2.05) is 26.8 Å². The molecule has 3 fully saturated rings. The van der Waals surface area contributed by atoms with Crippen LogP contribution >= 0.6 is 0 Å². The van der Waals surface area contributed by atoms with Crippen LogP contribution < -0.4 is 0 Å². The van der Waals surface area contributed by atoms with Crippen LogP contribution in [0.4, 0.5) is 9.59 Å². The Morgan fingerprint density at radius 2 is 1.79 bits per heavy atom. The molecule has 0 radical (unpaired) electrons. The molecule has 0 aromatic carbocycles. The van der Waals surface area contributed by atoms with Crippen LogP contribution in [0, 0.1) is 34.5 Å². The number of hydrogen-bond donors (Lipinski definition) is 1. The normalized spacial score (nSPS) is 36.9. The van der Waals surface area contributed by atoms with E-state index in [4.69, 9.17) is 18.9 Å². The lowest BCUT2D eigenvalue weighted by Gasteiger charge is -2.59. The minimum Gasteiger partial charge on any atom is -0.434 e. The summed E-state index contributed by atoms with van der Waals surface area (Å²) in [5.41, 5.74) is -1.98. The van der Waals surface area contributed by atoms with Crippen molar-refractivity contribution in [3.05, 3.63) is 23.8 Å². The first kappa shape index (κ1) is 29.3. The zero-order valence-corrected chi connectivity index (χ0v) is 23.9. The van der Waals surface area contributed by atoms with Crippen molar-refractivity contribution in [2.45, 2.75) is 91.5 Å². The molecule has 9 heteroatoms. The summed E-state index contributed by atoms with van der Waals surface area (Å²) < 4.78 is 21.4. The van der Waals surface area contributed by atoms with Gasteiger partial charge in [0.05, 0.1) is 18.8 Å². The van der Waals surface area contributed by atoms with E-state index in [0.29, 0.717) is 6.42 Å². The molecule has 7 atom stereocenters. The summed E-state index contributed by atoms with van der Waals surface area (Å²) in [6.45, 7) is 10.6. The second kappa shape index (κ2) is 10.7. The molecular weight excluding hydrogens is 504 g/mol. The Morgan fingerprint density at radius 3 is 2.46 bits per heavy atom. The number of hydrogen-bond acceptors (Lipinski definition) is 9. The van der Waals surface area contributed by atoms with Gasteiger partial charge in [-0.3, -0.25) is 9.59 Å². The lowest BCUT2D eigenvalue weighted by molar-refractivity contribution is -0.184. The maximum atomic E-state index is 13.9. The van der Waals surface area contributed by atoms with Gasteiger partial charge in [-0.05, 0) is 75.9 Å². The molecule has 216 valence electrons. The fourth-order valence-corrected chi connectivity index (χ4v) is 7.87. The lowest BCUT2D eigenvalue weighted by atomic mass is 9.46. The monoisotopic (exact) mass is 546 g/mol. The predicted octanol–water partition coefficient (Wildman–Crippen LogP) is 4.94. The van der Waals surface area contributed by atoms with Gasteiger partial charge in [0, 0.05) is 16.7 Å². The van der Waals surface area contributed by atoms with Crippen molar-refractivity contribution in [2.75, 3.05) is 13.2 Å². The van der Waals surface area contributed by atoms with E-state index in [1.54, 1.807) is 26.0 Å². The topological polar surface area (TPSA) is 125 Å². The summed E-state index contributed by atoms with van der Waals surface area (Å²) >= 11 is 0. The summed E-state index contributed by atoms with van der Waals surface area (Å²) in [7, 11) is 0. The van der Waals surface area contributed by atoms with Gasteiger partial charge < -0.3 is 24.1 Å². The fraction of sp³-hybridized carbons (Fsp3) is 0.733. The third kappa shape index (κ3) is 5.14. The molecular formula is C30H42O9. The van der Waals surface area contributed by atoms with Gasteiger partial charge in [-0.2, -0.15) is 0 Å². The largest absolute Gasteiger partial charge is 0.509 e. The van der Waals surface area contributed by atoms with E-state index < -0.39 is 53.3 Å². The summed E-state index contributed by atoms with van der Waals surface area (Å²) in [6, 6.07) is 0. The van der Waals surface area contributed by atoms with E-state index in [0.717, 1.165) is 18.4 Å². The Labute approximate surface area is 230 Å². The Bertz CT molecular complexity index is 1070. The average molecular weight is 547 g/mol. The van der Waals surface area contributed by atoms with Crippen LogP contribution in [0.3, 0.4) is 0 Å². The molecule has 0 amide bonds. The van der Waals surface area contributed by atoms with E-state index in [1.165, 1.54) is 0 Å². The first-order chi connectivity index (χ1) is 18.2. The molecule has 4 rings (SSSR count). The van der Waals surface area contributed by atoms with Crippen molar-refractivity contribution in [1.29, 1.82) is 0 Å². The Morgan fingerprint density at radius 1 is 1.08 bits per heavy atom. The molecule has 0 bridgehead atoms. The van der Waals surface area contributed by atoms with Crippen LogP contribution in [0.2, 0.25) is 0 Å². The van der Waals surface area contributed by atoms with Crippen LogP contribution in [-0.4, -0.2) is 60.0 Å². The van der Waals surface area contributed by atoms with Crippen molar-refractivity contribution in [3.63, 3.8) is 0 Å². The Kier molecular flexibility index (Phi) is 8.05. The Balaban J connectivity index is 1.66. The molecule has 0 aliphatic heterocycles. The third-order valence-corrected chi connectivity index (χ3v) is 9.51. The second-order valence-electron chi connectivity index (χ2n) is 12.8. The number of ketones is 2. The number of aliphatic hydroxyl groups is 1. The number of carbonyl (C=O) groups is 4. The highest BCUT2D eigenvalue weighted by Gasteiger charge is 2.70. The molecule has 4 aliphatic rings. The zero-order valence-electron chi connectivity index (χ0n) is 23.9. The molecule has 0 aromatic heterocycles. The fourth-order valence-electron chi connectivity index (χ4n) is 7.87. The number of carbonyl (C=O) groups excluding carboxylic acids is 4. The van der Waals surface area contributed by atoms with Crippen molar-refractivity contribution in [3.8, 4) is 0 Å². The van der Waals surface area contributed by atoms with Crippen LogP contribution in [-0.2, 0) is 28.5 Å². The van der Waals surface area contributed by atoms with Gasteiger partial charge in [0.25, 0.3) is 0 Å². The summed E-state index contributed by atoms with van der Waals surface area (Å²) in [5, 5.41) is 11.7. The standard InChI is InChI=1S/C30H42O9/c1-17(2)15-36-27(35)39-30(24(33)16-37-26(34)38-18(3)4)12-10-22-21-8-7-19-13-20(31)9-11-28(19,5)25(21)23(32)14-29(22,30)6/h9,11,13,17-18,21-23,25,32H,7-8,10,12,14-16H2,1-6H3/t21-,22-,23?,25+,28-,29-,30-/m0/s1.